The van der Waals surface area contributed by atoms with Crippen molar-refractivity contribution in [2.24, 2.45) is 0 Å². The molecular weight excluding hydrogens is 286 g/mol. The van der Waals surface area contributed by atoms with Crippen molar-refractivity contribution >= 4 is 22.6 Å². The zero-order chi connectivity index (χ0) is 16.5. The van der Waals surface area contributed by atoms with Crippen molar-refractivity contribution in [3.8, 4) is 0 Å². The van der Waals surface area contributed by atoms with Gasteiger partial charge in [0, 0.05) is 18.0 Å². The maximum atomic E-state index is 12.3. The van der Waals surface area contributed by atoms with E-state index in [0.717, 1.165) is 23.7 Å². The van der Waals surface area contributed by atoms with Gasteiger partial charge in [0.25, 0.3) is 0 Å². The molecule has 0 saturated carbocycles. The number of hydrogen-bond donors (Lipinski definition) is 0. The van der Waals surface area contributed by atoms with Gasteiger partial charge >= 0.3 is 0 Å². The Hall–Kier alpha value is -1.90. The summed E-state index contributed by atoms with van der Waals surface area (Å²) in [6.45, 7) is 2.21. The number of carbonyl (C=O) groups is 2. The summed E-state index contributed by atoms with van der Waals surface area (Å²) in [6, 6.07) is 9.65. The van der Waals surface area contributed by atoms with Gasteiger partial charge in [-0.2, -0.15) is 0 Å². The lowest BCUT2D eigenvalue weighted by atomic mass is 10.1. The Morgan fingerprint density at radius 1 is 0.913 bits per heavy atom. The van der Waals surface area contributed by atoms with E-state index in [-0.39, 0.29) is 18.1 Å². The summed E-state index contributed by atoms with van der Waals surface area (Å²) in [7, 11) is 0. The van der Waals surface area contributed by atoms with Gasteiger partial charge in [-0.15, -0.1) is 0 Å². The molecule has 23 heavy (non-hydrogen) atoms. The van der Waals surface area contributed by atoms with Crippen molar-refractivity contribution < 1.29 is 9.59 Å². The fourth-order valence-electron chi connectivity index (χ4n) is 2.92. The molecule has 1 aromatic heterocycles. The van der Waals surface area contributed by atoms with Crippen LogP contribution in [0.5, 0.6) is 0 Å². The topological polar surface area (TPSA) is 39.1 Å². The largest absolute Gasteiger partial charge is 0.299 e. The molecule has 1 heterocycles. The minimum Gasteiger partial charge on any atom is -0.299 e. The second-order valence-electron chi connectivity index (χ2n) is 6.23. The lowest BCUT2D eigenvalue weighted by Crippen LogP contribution is -2.14. The summed E-state index contributed by atoms with van der Waals surface area (Å²) in [5.74, 6) is -0.0690. The van der Waals surface area contributed by atoms with Gasteiger partial charge in [0.05, 0.1) is 11.9 Å². The number of hydrogen-bond acceptors (Lipinski definition) is 2. The highest BCUT2D eigenvalue weighted by Crippen LogP contribution is 2.16. The molecule has 0 unspecified atom stereocenters. The third-order valence-corrected chi connectivity index (χ3v) is 4.28. The number of fused-ring (bicyclic) bond motifs is 1. The van der Waals surface area contributed by atoms with E-state index in [1.54, 1.807) is 10.8 Å². The lowest BCUT2D eigenvalue weighted by molar-refractivity contribution is -0.118. The van der Waals surface area contributed by atoms with Gasteiger partial charge in [-0.3, -0.25) is 14.2 Å². The number of nitrogens with zero attached hydrogens (tertiary/aromatic N) is 1. The van der Waals surface area contributed by atoms with E-state index in [9.17, 15) is 9.59 Å². The Bertz CT molecular complexity index is 642. The fourth-order valence-corrected chi connectivity index (χ4v) is 2.92. The predicted octanol–water partition coefficient (Wildman–Crippen LogP) is 5.38. The summed E-state index contributed by atoms with van der Waals surface area (Å²) < 4.78 is 1.60. The third-order valence-electron chi connectivity index (χ3n) is 4.28. The smallest absolute Gasteiger partial charge is 0.238 e. The second-order valence-corrected chi connectivity index (χ2v) is 6.23. The molecule has 1 aromatic carbocycles. The number of carbonyl (C=O) groups excluding carboxylic acids is 2. The van der Waals surface area contributed by atoms with Gasteiger partial charge in [-0.1, -0.05) is 63.6 Å². The molecular formula is C20H27NO2. The minimum atomic E-state index is -0.126. The van der Waals surface area contributed by atoms with Crippen LogP contribution in [0.4, 0.5) is 0 Å². The van der Waals surface area contributed by atoms with E-state index in [2.05, 4.69) is 6.92 Å². The first-order valence-corrected chi connectivity index (χ1v) is 8.83. The van der Waals surface area contributed by atoms with Crippen LogP contribution >= 0.6 is 0 Å². The average Bonchev–Trinajstić information content (AvgIpc) is 2.98. The molecule has 0 amide bonds. The number of aromatic nitrogens is 1. The molecule has 0 N–H and O–H groups in total. The number of unbranched alkanes of at least 4 members (excludes halogenated alkanes) is 6. The van der Waals surface area contributed by atoms with Crippen LogP contribution in [0, 0.1) is 0 Å². The predicted molar refractivity (Wildman–Crippen MR) is 94.8 cm³/mol. The number of Topliss-reactive ketones (excluding diaryl/α,β-unsaturated/α-hetero) is 1. The normalized spacial score (nSPS) is 11.0. The molecule has 124 valence electrons. The Kier molecular flexibility index (Phi) is 7.05. The maximum absolute atomic E-state index is 12.3. The fraction of sp³-hybridized carbons (Fsp3) is 0.500. The lowest BCUT2D eigenvalue weighted by Gasteiger charge is -2.04. The number of ketones is 1. The van der Waals surface area contributed by atoms with Gasteiger partial charge in [-0.25, -0.2) is 0 Å². The number of para-hydroxylation sites is 1. The molecule has 0 saturated heterocycles. The molecule has 0 aliphatic carbocycles. The van der Waals surface area contributed by atoms with Gasteiger partial charge in [0.1, 0.15) is 5.78 Å². The SMILES string of the molecule is CCCCCCCCCC(=O)CC(=O)n1ccc2ccccc21. The summed E-state index contributed by atoms with van der Waals surface area (Å²) in [5, 5.41) is 1.03. The summed E-state index contributed by atoms with van der Waals surface area (Å²) >= 11 is 0. The van der Waals surface area contributed by atoms with Crippen molar-refractivity contribution in [1.29, 1.82) is 0 Å². The molecule has 2 aromatic rings. The van der Waals surface area contributed by atoms with Crippen molar-refractivity contribution in [3.63, 3.8) is 0 Å². The second kappa shape index (κ2) is 9.29. The van der Waals surface area contributed by atoms with Gasteiger partial charge in [-0.05, 0) is 18.6 Å². The van der Waals surface area contributed by atoms with Crippen molar-refractivity contribution in [1.82, 2.24) is 4.57 Å². The minimum absolute atomic E-state index is 0.00844. The van der Waals surface area contributed by atoms with Crippen molar-refractivity contribution in [2.75, 3.05) is 0 Å². The highest BCUT2D eigenvalue weighted by molar-refractivity contribution is 6.02. The molecule has 3 nitrogen and oxygen atoms in total. The van der Waals surface area contributed by atoms with Crippen LogP contribution in [0.15, 0.2) is 36.5 Å². The monoisotopic (exact) mass is 313 g/mol. The van der Waals surface area contributed by atoms with E-state index in [4.69, 9.17) is 0 Å². The van der Waals surface area contributed by atoms with E-state index in [1.807, 2.05) is 30.3 Å². The van der Waals surface area contributed by atoms with E-state index in [0.29, 0.717) is 6.42 Å². The highest BCUT2D eigenvalue weighted by Gasteiger charge is 2.13. The first-order valence-electron chi connectivity index (χ1n) is 8.83. The summed E-state index contributed by atoms with van der Waals surface area (Å²) in [5.41, 5.74) is 0.876. The summed E-state index contributed by atoms with van der Waals surface area (Å²) in [4.78, 5) is 24.3. The van der Waals surface area contributed by atoms with E-state index < -0.39 is 0 Å². The Morgan fingerprint density at radius 2 is 1.61 bits per heavy atom. The van der Waals surface area contributed by atoms with Crippen molar-refractivity contribution in [3.05, 3.63) is 36.5 Å². The zero-order valence-corrected chi connectivity index (χ0v) is 14.1. The molecule has 0 radical (unpaired) electrons. The van der Waals surface area contributed by atoms with E-state index in [1.165, 1.54) is 32.1 Å². The van der Waals surface area contributed by atoms with Crippen LogP contribution in [0.25, 0.3) is 10.9 Å². The summed E-state index contributed by atoms with van der Waals surface area (Å²) in [6.07, 6.45) is 10.6. The van der Waals surface area contributed by atoms with Crippen LogP contribution in [0.2, 0.25) is 0 Å². The van der Waals surface area contributed by atoms with Crippen LogP contribution in [-0.4, -0.2) is 16.3 Å². The zero-order valence-electron chi connectivity index (χ0n) is 14.1. The van der Waals surface area contributed by atoms with Crippen molar-refractivity contribution in [2.45, 2.75) is 64.7 Å². The molecule has 0 bridgehead atoms. The maximum Gasteiger partial charge on any atom is 0.238 e. The molecule has 0 fully saturated rings. The van der Waals surface area contributed by atoms with Gasteiger partial charge in [0.15, 0.2) is 0 Å². The van der Waals surface area contributed by atoms with E-state index >= 15 is 0 Å². The molecule has 0 aliphatic rings. The molecule has 0 atom stereocenters. The quantitative estimate of drug-likeness (QED) is 0.436. The van der Waals surface area contributed by atoms with Crippen LogP contribution in [0.1, 0.15) is 69.5 Å². The first-order chi connectivity index (χ1) is 11.2. The standard InChI is InChI=1S/C20H27NO2/c1-2-3-4-5-6-7-8-12-18(22)16-20(23)21-15-14-17-11-9-10-13-19(17)21/h9-11,13-15H,2-8,12,16H2,1H3. The molecule has 2 rings (SSSR count). The van der Waals surface area contributed by atoms with Crippen LogP contribution < -0.4 is 0 Å². The Morgan fingerprint density at radius 3 is 2.39 bits per heavy atom. The Balaban J connectivity index is 1.72. The van der Waals surface area contributed by atoms with Crippen LogP contribution in [-0.2, 0) is 4.79 Å². The highest BCUT2D eigenvalue weighted by atomic mass is 16.2. The molecule has 3 heteroatoms. The van der Waals surface area contributed by atoms with Crippen LogP contribution in [0.3, 0.4) is 0 Å². The number of rotatable bonds is 10. The molecule has 0 aliphatic heterocycles. The first kappa shape index (κ1) is 17.5. The van der Waals surface area contributed by atoms with Gasteiger partial charge < -0.3 is 0 Å². The number of benzene rings is 1. The Labute approximate surface area is 138 Å². The average molecular weight is 313 g/mol. The third kappa shape index (κ3) is 5.34. The molecule has 0 spiro atoms. The van der Waals surface area contributed by atoms with Gasteiger partial charge in [0.2, 0.25) is 5.91 Å².